The Morgan fingerprint density at radius 3 is 2.26 bits per heavy atom. The van der Waals surface area contributed by atoms with Crippen LogP contribution in [0.25, 0.3) is 0 Å². The van der Waals surface area contributed by atoms with Crippen molar-refractivity contribution < 1.29 is 9.57 Å². The fourth-order valence-corrected chi connectivity index (χ4v) is 6.11. The zero-order valence-corrected chi connectivity index (χ0v) is 19.6. The van der Waals surface area contributed by atoms with E-state index in [1.165, 1.54) is 10.5 Å². The average molecular weight is 465 g/mol. The second-order valence-corrected chi connectivity index (χ2v) is 9.65. The SMILES string of the molecule is COc1ccc([C@@H]2C[C@@]3(c4ccccc4)ON=C(c4ccccc4)N3c3ccccc3S2)cc1. The van der Waals surface area contributed by atoms with E-state index >= 15 is 0 Å². The molecule has 5 heteroatoms. The largest absolute Gasteiger partial charge is 0.497 e. The summed E-state index contributed by atoms with van der Waals surface area (Å²) in [5, 5.41) is 4.86. The maximum absolute atomic E-state index is 6.51. The molecule has 2 aliphatic rings. The lowest BCUT2D eigenvalue weighted by Gasteiger charge is -2.37. The van der Waals surface area contributed by atoms with Gasteiger partial charge in [-0.1, -0.05) is 90.1 Å². The third-order valence-electron chi connectivity index (χ3n) is 6.44. The van der Waals surface area contributed by atoms with Crippen molar-refractivity contribution in [3.05, 3.63) is 126 Å². The first-order chi connectivity index (χ1) is 16.8. The van der Waals surface area contributed by atoms with E-state index in [1.807, 2.05) is 48.2 Å². The Morgan fingerprint density at radius 1 is 0.853 bits per heavy atom. The highest BCUT2D eigenvalue weighted by molar-refractivity contribution is 7.99. The van der Waals surface area contributed by atoms with Crippen LogP contribution in [0.5, 0.6) is 5.75 Å². The van der Waals surface area contributed by atoms with E-state index in [-0.39, 0.29) is 5.25 Å². The van der Waals surface area contributed by atoms with Gasteiger partial charge in [0, 0.05) is 27.7 Å². The molecule has 0 aromatic heterocycles. The molecule has 4 aromatic carbocycles. The lowest BCUT2D eigenvalue weighted by molar-refractivity contribution is -0.0283. The number of benzene rings is 4. The molecule has 2 heterocycles. The van der Waals surface area contributed by atoms with Crippen molar-refractivity contribution in [1.82, 2.24) is 0 Å². The number of hydrogen-bond acceptors (Lipinski definition) is 5. The highest BCUT2D eigenvalue weighted by Crippen LogP contribution is 2.56. The van der Waals surface area contributed by atoms with Gasteiger partial charge >= 0.3 is 0 Å². The molecule has 0 saturated heterocycles. The van der Waals surface area contributed by atoms with Gasteiger partial charge in [-0.2, -0.15) is 0 Å². The van der Waals surface area contributed by atoms with Gasteiger partial charge in [-0.15, -0.1) is 11.8 Å². The molecular formula is C29H24N2O2S. The molecule has 0 radical (unpaired) electrons. The van der Waals surface area contributed by atoms with E-state index in [9.17, 15) is 0 Å². The van der Waals surface area contributed by atoms with Crippen LogP contribution in [0.1, 0.15) is 28.4 Å². The van der Waals surface area contributed by atoms with Crippen LogP contribution in [0, 0.1) is 0 Å². The molecule has 34 heavy (non-hydrogen) atoms. The third-order valence-corrected chi connectivity index (χ3v) is 7.76. The van der Waals surface area contributed by atoms with Gasteiger partial charge in [0.1, 0.15) is 5.75 Å². The first-order valence-electron chi connectivity index (χ1n) is 11.4. The van der Waals surface area contributed by atoms with E-state index in [0.717, 1.165) is 34.8 Å². The van der Waals surface area contributed by atoms with Crippen LogP contribution in [-0.4, -0.2) is 12.9 Å². The highest BCUT2D eigenvalue weighted by Gasteiger charge is 2.52. The monoisotopic (exact) mass is 464 g/mol. The van der Waals surface area contributed by atoms with Crippen molar-refractivity contribution in [2.75, 3.05) is 12.0 Å². The summed E-state index contributed by atoms with van der Waals surface area (Å²) in [5.74, 6) is 1.68. The number of oxime groups is 1. The van der Waals surface area contributed by atoms with E-state index in [0.29, 0.717) is 0 Å². The van der Waals surface area contributed by atoms with Gasteiger partial charge in [0.25, 0.3) is 0 Å². The molecule has 4 nitrogen and oxygen atoms in total. The number of ether oxygens (including phenoxy) is 1. The highest BCUT2D eigenvalue weighted by atomic mass is 32.2. The number of fused-ring (bicyclic) bond motifs is 3. The van der Waals surface area contributed by atoms with Crippen LogP contribution < -0.4 is 9.64 Å². The van der Waals surface area contributed by atoms with Crippen LogP contribution in [0.3, 0.4) is 0 Å². The van der Waals surface area contributed by atoms with Crippen molar-refractivity contribution in [1.29, 1.82) is 0 Å². The number of amidine groups is 1. The van der Waals surface area contributed by atoms with Gasteiger partial charge in [0.2, 0.25) is 5.72 Å². The Bertz CT molecular complexity index is 1330. The van der Waals surface area contributed by atoms with Crippen molar-refractivity contribution in [3.63, 3.8) is 0 Å². The molecule has 2 aliphatic heterocycles. The van der Waals surface area contributed by atoms with Gasteiger partial charge in [-0.25, -0.2) is 0 Å². The van der Waals surface area contributed by atoms with Crippen LogP contribution in [-0.2, 0) is 10.6 Å². The Labute approximate surface area is 203 Å². The van der Waals surface area contributed by atoms with E-state index in [2.05, 4.69) is 77.7 Å². The first kappa shape index (κ1) is 20.9. The van der Waals surface area contributed by atoms with Crippen molar-refractivity contribution >= 4 is 23.3 Å². The second-order valence-electron chi connectivity index (χ2n) is 8.41. The van der Waals surface area contributed by atoms with Crippen molar-refractivity contribution in [3.8, 4) is 5.75 Å². The number of para-hydroxylation sites is 1. The molecule has 0 bridgehead atoms. The number of nitrogens with zero attached hydrogens (tertiary/aromatic N) is 2. The normalized spacial score (nSPS) is 21.0. The number of rotatable bonds is 4. The van der Waals surface area contributed by atoms with E-state index in [1.54, 1.807) is 7.11 Å². The average Bonchev–Trinajstić information content (AvgIpc) is 3.22. The Hall–Kier alpha value is -3.70. The number of hydrogen-bond donors (Lipinski definition) is 0. The molecule has 0 aliphatic carbocycles. The van der Waals surface area contributed by atoms with Gasteiger partial charge in [-0.05, 0) is 29.8 Å². The predicted molar refractivity (Wildman–Crippen MR) is 137 cm³/mol. The van der Waals surface area contributed by atoms with Crippen LogP contribution in [0.4, 0.5) is 5.69 Å². The second kappa shape index (κ2) is 8.58. The summed E-state index contributed by atoms with van der Waals surface area (Å²) in [5.41, 5.74) is 3.68. The van der Waals surface area contributed by atoms with Gasteiger partial charge in [0.15, 0.2) is 5.84 Å². The number of anilines is 1. The van der Waals surface area contributed by atoms with Crippen LogP contribution in [0.2, 0.25) is 0 Å². The van der Waals surface area contributed by atoms with Gasteiger partial charge < -0.3 is 9.57 Å². The molecule has 4 aromatic rings. The Morgan fingerprint density at radius 2 is 1.53 bits per heavy atom. The van der Waals surface area contributed by atoms with E-state index in [4.69, 9.17) is 14.7 Å². The van der Waals surface area contributed by atoms with Crippen molar-refractivity contribution in [2.45, 2.75) is 22.3 Å². The lowest BCUT2D eigenvalue weighted by atomic mass is 9.92. The summed E-state index contributed by atoms with van der Waals surface area (Å²) in [4.78, 5) is 10.0. The minimum absolute atomic E-state index is 0.155. The summed E-state index contributed by atoms with van der Waals surface area (Å²) in [7, 11) is 1.70. The Balaban J connectivity index is 1.55. The zero-order valence-electron chi connectivity index (χ0n) is 18.8. The summed E-state index contributed by atoms with van der Waals surface area (Å²) >= 11 is 1.87. The predicted octanol–water partition coefficient (Wildman–Crippen LogP) is 6.98. The zero-order chi connectivity index (χ0) is 23.0. The van der Waals surface area contributed by atoms with E-state index < -0.39 is 5.72 Å². The van der Waals surface area contributed by atoms with Gasteiger partial charge in [-0.3, -0.25) is 4.90 Å². The molecule has 168 valence electrons. The number of thioether (sulfide) groups is 1. The molecule has 0 N–H and O–H groups in total. The fourth-order valence-electron chi connectivity index (χ4n) is 4.77. The minimum Gasteiger partial charge on any atom is -0.497 e. The molecule has 0 amide bonds. The smallest absolute Gasteiger partial charge is 0.242 e. The van der Waals surface area contributed by atoms with Crippen molar-refractivity contribution in [2.24, 2.45) is 5.16 Å². The molecule has 0 unspecified atom stereocenters. The fraction of sp³-hybridized carbons (Fsp3) is 0.138. The topological polar surface area (TPSA) is 34.1 Å². The summed E-state index contributed by atoms with van der Waals surface area (Å²) in [6.45, 7) is 0. The molecule has 0 saturated carbocycles. The maximum atomic E-state index is 6.51. The summed E-state index contributed by atoms with van der Waals surface area (Å²) < 4.78 is 5.40. The Kier molecular flexibility index (Phi) is 5.27. The molecular weight excluding hydrogens is 440 g/mol. The molecule has 0 fully saturated rings. The molecule has 0 spiro atoms. The van der Waals surface area contributed by atoms with Gasteiger partial charge in [0.05, 0.1) is 12.8 Å². The summed E-state index contributed by atoms with van der Waals surface area (Å²) in [6, 6.07) is 37.7. The quantitative estimate of drug-likeness (QED) is 0.326. The maximum Gasteiger partial charge on any atom is 0.242 e. The van der Waals surface area contributed by atoms with Crippen LogP contribution >= 0.6 is 11.8 Å². The number of methoxy groups -OCH3 is 1. The molecule has 6 rings (SSSR count). The first-order valence-corrected chi connectivity index (χ1v) is 12.2. The molecule has 2 atom stereocenters. The standard InChI is InChI=1S/C29H24N2O2S/c1-32-24-18-16-21(17-19-24)27-20-29(23-12-6-3-7-13-23)31(25-14-8-9-15-26(25)34-27)28(30-33-29)22-10-4-2-5-11-22/h2-19,27H,20H2,1H3/t27-,29-/m0/s1. The third kappa shape index (κ3) is 3.44. The summed E-state index contributed by atoms with van der Waals surface area (Å²) in [6.07, 6.45) is 0.725. The lowest BCUT2D eigenvalue weighted by Crippen LogP contribution is -2.47. The minimum atomic E-state index is -0.767. The van der Waals surface area contributed by atoms with Crippen LogP contribution in [0.15, 0.2) is 119 Å².